The number of carbonyl (C=O) groups excluding carboxylic acids is 2. The molecule has 2 heterocycles. The van der Waals surface area contributed by atoms with Gasteiger partial charge < -0.3 is 5.11 Å². The van der Waals surface area contributed by atoms with Gasteiger partial charge in [-0.05, 0) is 19.3 Å². The molecule has 2 fully saturated rings. The van der Waals surface area contributed by atoms with E-state index in [1.807, 2.05) is 0 Å². The van der Waals surface area contributed by atoms with Crippen LogP contribution < -0.4 is 4.90 Å². The summed E-state index contributed by atoms with van der Waals surface area (Å²) >= 11 is 1.25. The van der Waals surface area contributed by atoms with E-state index in [9.17, 15) is 9.59 Å². The van der Waals surface area contributed by atoms with Gasteiger partial charge in [-0.3, -0.25) is 9.59 Å². The fourth-order valence-corrected chi connectivity index (χ4v) is 3.53. The van der Waals surface area contributed by atoms with Gasteiger partial charge in [0.05, 0.1) is 17.7 Å². The van der Waals surface area contributed by atoms with E-state index in [-0.39, 0.29) is 30.3 Å². The summed E-state index contributed by atoms with van der Waals surface area (Å²) in [5.74, 6) is 5.39. The van der Waals surface area contributed by atoms with Crippen molar-refractivity contribution in [3.8, 4) is 11.8 Å². The second-order valence-corrected chi connectivity index (χ2v) is 6.01. The van der Waals surface area contributed by atoms with Crippen molar-refractivity contribution >= 4 is 28.3 Å². The van der Waals surface area contributed by atoms with Gasteiger partial charge >= 0.3 is 0 Å². The SMILES string of the molecule is O=C1C2CCC(C2)C(=O)N1c1ncc(C#CCCO)s1. The van der Waals surface area contributed by atoms with Crippen molar-refractivity contribution < 1.29 is 14.7 Å². The summed E-state index contributed by atoms with van der Waals surface area (Å²) in [7, 11) is 0. The Morgan fingerprint density at radius 1 is 1.35 bits per heavy atom. The zero-order valence-corrected chi connectivity index (χ0v) is 11.7. The standard InChI is InChI=1S/C14H14N2O3S/c17-6-2-1-3-11-8-15-14(20-11)16-12(18)9-4-5-10(7-9)13(16)19/h8-10,17H,2,4-7H2. The van der Waals surface area contributed by atoms with Gasteiger partial charge in [0.2, 0.25) is 11.8 Å². The highest BCUT2D eigenvalue weighted by Crippen LogP contribution is 2.40. The van der Waals surface area contributed by atoms with Crippen molar-refractivity contribution in [3.63, 3.8) is 0 Å². The van der Waals surface area contributed by atoms with Crippen LogP contribution in [0.25, 0.3) is 0 Å². The molecule has 2 amide bonds. The summed E-state index contributed by atoms with van der Waals surface area (Å²) in [6.45, 7) is 0.0190. The Morgan fingerprint density at radius 2 is 2.05 bits per heavy atom. The van der Waals surface area contributed by atoms with Crippen LogP contribution in [0.1, 0.15) is 30.6 Å². The number of aromatic nitrogens is 1. The maximum Gasteiger partial charge on any atom is 0.238 e. The van der Waals surface area contributed by atoms with Crippen molar-refractivity contribution in [1.82, 2.24) is 4.98 Å². The van der Waals surface area contributed by atoms with Crippen LogP contribution in [0.4, 0.5) is 5.13 Å². The molecular formula is C14H14N2O3S. The Kier molecular flexibility index (Phi) is 3.55. The van der Waals surface area contributed by atoms with E-state index in [0.717, 1.165) is 12.8 Å². The number of carbonyl (C=O) groups is 2. The highest BCUT2D eigenvalue weighted by molar-refractivity contribution is 7.16. The molecule has 1 aliphatic carbocycles. The van der Waals surface area contributed by atoms with Gasteiger partial charge in [-0.15, -0.1) is 0 Å². The second kappa shape index (κ2) is 5.35. The molecule has 5 nitrogen and oxygen atoms in total. The van der Waals surface area contributed by atoms with Gasteiger partial charge in [0.25, 0.3) is 0 Å². The summed E-state index contributed by atoms with van der Waals surface area (Å²) in [4.78, 5) is 30.6. The van der Waals surface area contributed by atoms with Crippen molar-refractivity contribution in [2.24, 2.45) is 11.8 Å². The second-order valence-electron chi connectivity index (χ2n) is 5.00. The van der Waals surface area contributed by atoms with E-state index >= 15 is 0 Å². The molecule has 6 heteroatoms. The summed E-state index contributed by atoms with van der Waals surface area (Å²) in [5, 5.41) is 9.10. The quantitative estimate of drug-likeness (QED) is 0.655. The van der Waals surface area contributed by atoms with Gasteiger partial charge in [-0.2, -0.15) is 0 Å². The van der Waals surface area contributed by atoms with Crippen LogP contribution in [-0.4, -0.2) is 28.5 Å². The van der Waals surface area contributed by atoms with Gasteiger partial charge in [0, 0.05) is 18.3 Å². The van der Waals surface area contributed by atoms with Crippen LogP contribution in [0.15, 0.2) is 6.20 Å². The Balaban J connectivity index is 1.84. The maximum absolute atomic E-state index is 12.3. The van der Waals surface area contributed by atoms with Gasteiger partial charge in [0.15, 0.2) is 5.13 Å². The van der Waals surface area contributed by atoms with Crippen LogP contribution >= 0.6 is 11.3 Å². The van der Waals surface area contributed by atoms with Crippen molar-refractivity contribution in [2.45, 2.75) is 25.7 Å². The fraction of sp³-hybridized carbons (Fsp3) is 0.500. The maximum atomic E-state index is 12.3. The van der Waals surface area contributed by atoms with E-state index in [0.29, 0.717) is 22.9 Å². The van der Waals surface area contributed by atoms with E-state index in [1.54, 1.807) is 6.20 Å². The fourth-order valence-electron chi connectivity index (χ4n) is 2.72. The normalized spacial score (nSPS) is 24.8. The summed E-state index contributed by atoms with van der Waals surface area (Å²) in [6.07, 6.45) is 4.28. The number of imide groups is 1. The third-order valence-corrected chi connectivity index (χ3v) is 4.60. The minimum atomic E-state index is -0.118. The smallest absolute Gasteiger partial charge is 0.238 e. The first-order valence-electron chi connectivity index (χ1n) is 6.64. The topological polar surface area (TPSA) is 70.5 Å². The first-order valence-corrected chi connectivity index (χ1v) is 7.45. The van der Waals surface area contributed by atoms with Gasteiger partial charge in [-0.1, -0.05) is 23.2 Å². The molecular weight excluding hydrogens is 276 g/mol. The van der Waals surface area contributed by atoms with Crippen molar-refractivity contribution in [1.29, 1.82) is 0 Å². The molecule has 1 aromatic rings. The Morgan fingerprint density at radius 3 is 2.70 bits per heavy atom. The van der Waals surface area contributed by atoms with Crippen LogP contribution in [0.3, 0.4) is 0 Å². The molecule has 20 heavy (non-hydrogen) atoms. The average molecular weight is 290 g/mol. The molecule has 1 N–H and O–H groups in total. The Labute approximate surface area is 120 Å². The molecule has 2 unspecified atom stereocenters. The molecule has 2 atom stereocenters. The van der Waals surface area contributed by atoms with Crippen LogP contribution in [0.5, 0.6) is 0 Å². The molecule has 1 aliphatic heterocycles. The molecule has 3 rings (SSSR count). The number of anilines is 1. The largest absolute Gasteiger partial charge is 0.395 e. The number of hydrogen-bond donors (Lipinski definition) is 1. The predicted octanol–water partition coefficient (Wildman–Crippen LogP) is 1.17. The molecule has 2 aliphatic rings. The van der Waals surface area contributed by atoms with Crippen molar-refractivity contribution in [2.75, 3.05) is 11.5 Å². The number of thiazole rings is 1. The zero-order valence-electron chi connectivity index (χ0n) is 10.8. The zero-order chi connectivity index (χ0) is 14.1. The highest BCUT2D eigenvalue weighted by Gasteiger charge is 2.46. The van der Waals surface area contributed by atoms with Crippen LogP contribution in [0, 0.1) is 23.7 Å². The lowest BCUT2D eigenvalue weighted by molar-refractivity contribution is -0.132. The number of aliphatic hydroxyl groups excluding tert-OH is 1. The monoisotopic (exact) mass is 290 g/mol. The molecule has 0 spiro atoms. The molecule has 0 radical (unpaired) electrons. The third-order valence-electron chi connectivity index (χ3n) is 3.71. The Bertz CT molecular complexity index is 591. The number of aliphatic hydroxyl groups is 1. The van der Waals surface area contributed by atoms with Gasteiger partial charge in [0.1, 0.15) is 0 Å². The molecule has 0 aromatic carbocycles. The van der Waals surface area contributed by atoms with Crippen LogP contribution in [-0.2, 0) is 9.59 Å². The lowest BCUT2D eigenvalue weighted by atomic mass is 9.98. The lowest BCUT2D eigenvalue weighted by Crippen LogP contribution is -2.46. The van der Waals surface area contributed by atoms with Crippen molar-refractivity contribution in [3.05, 3.63) is 11.1 Å². The number of amides is 2. The first-order chi connectivity index (χ1) is 9.70. The van der Waals surface area contributed by atoms with Crippen LogP contribution in [0.2, 0.25) is 0 Å². The number of nitrogens with zero attached hydrogens (tertiary/aromatic N) is 2. The predicted molar refractivity (Wildman–Crippen MR) is 74.0 cm³/mol. The van der Waals surface area contributed by atoms with E-state index in [4.69, 9.17) is 5.11 Å². The number of fused-ring (bicyclic) bond motifs is 2. The van der Waals surface area contributed by atoms with E-state index in [2.05, 4.69) is 16.8 Å². The number of piperidine rings is 1. The van der Waals surface area contributed by atoms with E-state index < -0.39 is 0 Å². The number of hydrogen-bond acceptors (Lipinski definition) is 5. The summed E-state index contributed by atoms with van der Waals surface area (Å²) in [6, 6.07) is 0. The molecule has 104 valence electrons. The lowest BCUT2D eigenvalue weighted by Gasteiger charge is -2.27. The molecule has 1 saturated heterocycles. The molecule has 1 saturated carbocycles. The summed E-state index contributed by atoms with van der Waals surface area (Å²) in [5.41, 5.74) is 0. The van der Waals surface area contributed by atoms with E-state index in [1.165, 1.54) is 16.2 Å². The minimum absolute atomic E-state index is 0.0190. The average Bonchev–Trinajstić information content (AvgIpc) is 3.06. The molecule has 2 bridgehead atoms. The highest BCUT2D eigenvalue weighted by atomic mass is 32.1. The number of rotatable bonds is 2. The van der Waals surface area contributed by atoms with Gasteiger partial charge in [-0.25, -0.2) is 9.88 Å². The first kappa shape index (κ1) is 13.3. The Hall–Kier alpha value is -1.71. The third kappa shape index (κ3) is 2.23. The summed E-state index contributed by atoms with van der Waals surface area (Å²) < 4.78 is 0. The molecule has 1 aromatic heterocycles. The minimum Gasteiger partial charge on any atom is -0.395 e.